The molecule has 1 nitrogen and oxygen atoms in total. The van der Waals surface area contributed by atoms with Gasteiger partial charge in [0.25, 0.3) is 0 Å². The fourth-order valence-electron chi connectivity index (χ4n) is 2.21. The number of carbonyl (C=O) groups is 1. The maximum Gasteiger partial charge on any atom is 0.155 e. The Morgan fingerprint density at radius 2 is 2.25 bits per heavy atom. The molecule has 1 rings (SSSR count). The van der Waals surface area contributed by atoms with Crippen molar-refractivity contribution >= 4 is 5.78 Å². The molecular weight excluding hydrogens is 196 g/mol. The first-order valence-electron chi connectivity index (χ1n) is 6.35. The molecule has 0 N–H and O–H groups in total. The number of rotatable bonds is 4. The summed E-state index contributed by atoms with van der Waals surface area (Å²) >= 11 is 0. The van der Waals surface area contributed by atoms with E-state index in [4.69, 9.17) is 0 Å². The summed E-state index contributed by atoms with van der Waals surface area (Å²) in [6.07, 6.45) is 8.38. The van der Waals surface area contributed by atoms with Crippen LogP contribution in [-0.2, 0) is 4.79 Å². The lowest BCUT2D eigenvalue weighted by Crippen LogP contribution is -2.08. The van der Waals surface area contributed by atoms with Crippen molar-refractivity contribution in [3.8, 4) is 0 Å². The van der Waals surface area contributed by atoms with Crippen molar-refractivity contribution in [2.75, 3.05) is 0 Å². The minimum absolute atomic E-state index is 0.291. The summed E-state index contributed by atoms with van der Waals surface area (Å²) in [7, 11) is 0. The molecule has 0 fully saturated rings. The highest BCUT2D eigenvalue weighted by atomic mass is 16.1. The zero-order valence-electron chi connectivity index (χ0n) is 11.0. The van der Waals surface area contributed by atoms with Crippen molar-refractivity contribution in [1.29, 1.82) is 0 Å². The first-order valence-corrected chi connectivity index (χ1v) is 6.35. The van der Waals surface area contributed by atoms with Crippen molar-refractivity contribution in [1.82, 2.24) is 0 Å². The van der Waals surface area contributed by atoms with Crippen LogP contribution in [0, 0.1) is 11.8 Å². The average molecular weight is 220 g/mol. The highest BCUT2D eigenvalue weighted by Crippen LogP contribution is 2.28. The Morgan fingerprint density at radius 1 is 1.56 bits per heavy atom. The molecule has 90 valence electrons. The average Bonchev–Trinajstić information content (AvgIpc) is 2.16. The molecule has 0 spiro atoms. The molecule has 0 heterocycles. The predicted molar refractivity (Wildman–Crippen MR) is 69.3 cm³/mol. The van der Waals surface area contributed by atoms with Crippen LogP contribution in [0.1, 0.15) is 53.4 Å². The number of hydrogen-bond acceptors (Lipinski definition) is 1. The molecule has 1 atom stereocenters. The van der Waals surface area contributed by atoms with E-state index >= 15 is 0 Å². The van der Waals surface area contributed by atoms with E-state index in [1.165, 1.54) is 24.0 Å². The second-order valence-electron chi connectivity index (χ2n) is 5.47. The second-order valence-corrected chi connectivity index (χ2v) is 5.47. The zero-order valence-corrected chi connectivity index (χ0v) is 11.0. The SMILES string of the molecule is CC1=CCC(C(C)=CC(=O)CC(C)C)CC1. The highest BCUT2D eigenvalue weighted by molar-refractivity contribution is 5.90. The first kappa shape index (κ1) is 13.2. The summed E-state index contributed by atoms with van der Waals surface area (Å²) in [5.41, 5.74) is 2.77. The number of ketones is 1. The lowest BCUT2D eigenvalue weighted by Gasteiger charge is -2.21. The minimum Gasteiger partial charge on any atom is -0.295 e. The van der Waals surface area contributed by atoms with Gasteiger partial charge < -0.3 is 0 Å². The third-order valence-electron chi connectivity index (χ3n) is 3.28. The molecule has 1 unspecified atom stereocenters. The molecule has 0 saturated carbocycles. The Kier molecular flexibility index (Phi) is 4.98. The summed E-state index contributed by atoms with van der Waals surface area (Å²) in [4.78, 5) is 11.7. The summed E-state index contributed by atoms with van der Waals surface area (Å²) in [5, 5.41) is 0. The zero-order chi connectivity index (χ0) is 12.1. The van der Waals surface area contributed by atoms with Crippen LogP contribution in [0.4, 0.5) is 0 Å². The molecule has 0 amide bonds. The molecule has 1 aliphatic carbocycles. The smallest absolute Gasteiger partial charge is 0.155 e. The van der Waals surface area contributed by atoms with Crippen LogP contribution in [0.15, 0.2) is 23.3 Å². The Morgan fingerprint density at radius 3 is 2.75 bits per heavy atom. The maximum atomic E-state index is 11.7. The van der Waals surface area contributed by atoms with Crippen LogP contribution in [0.25, 0.3) is 0 Å². The van der Waals surface area contributed by atoms with Crippen molar-refractivity contribution < 1.29 is 4.79 Å². The van der Waals surface area contributed by atoms with Crippen LogP contribution in [0.3, 0.4) is 0 Å². The molecule has 0 aliphatic heterocycles. The van der Waals surface area contributed by atoms with Gasteiger partial charge in [-0.3, -0.25) is 4.79 Å². The van der Waals surface area contributed by atoms with E-state index in [9.17, 15) is 4.79 Å². The van der Waals surface area contributed by atoms with E-state index in [0.29, 0.717) is 24.0 Å². The first-order chi connectivity index (χ1) is 7.49. The minimum atomic E-state index is 0.291. The van der Waals surface area contributed by atoms with Gasteiger partial charge in [0.05, 0.1) is 0 Å². The topological polar surface area (TPSA) is 17.1 Å². The van der Waals surface area contributed by atoms with E-state index in [2.05, 4.69) is 33.8 Å². The van der Waals surface area contributed by atoms with E-state index in [-0.39, 0.29) is 0 Å². The lowest BCUT2D eigenvalue weighted by molar-refractivity contribution is -0.115. The molecular formula is C15H24O. The largest absolute Gasteiger partial charge is 0.295 e. The van der Waals surface area contributed by atoms with Gasteiger partial charge >= 0.3 is 0 Å². The number of allylic oxidation sites excluding steroid dienone is 4. The molecule has 0 aromatic carbocycles. The van der Waals surface area contributed by atoms with Crippen LogP contribution < -0.4 is 0 Å². The van der Waals surface area contributed by atoms with Crippen LogP contribution >= 0.6 is 0 Å². The maximum absolute atomic E-state index is 11.7. The monoisotopic (exact) mass is 220 g/mol. The Labute approximate surface area is 99.6 Å². The predicted octanol–water partition coefficient (Wildman–Crippen LogP) is 4.29. The van der Waals surface area contributed by atoms with Crippen LogP contribution in [0.5, 0.6) is 0 Å². The third kappa shape index (κ3) is 4.34. The Hall–Kier alpha value is -0.850. The summed E-state index contributed by atoms with van der Waals surface area (Å²) < 4.78 is 0. The summed E-state index contributed by atoms with van der Waals surface area (Å²) in [5.74, 6) is 1.35. The fourth-order valence-corrected chi connectivity index (χ4v) is 2.21. The molecule has 0 saturated heterocycles. The van der Waals surface area contributed by atoms with Crippen LogP contribution in [-0.4, -0.2) is 5.78 Å². The second kappa shape index (κ2) is 6.03. The van der Waals surface area contributed by atoms with Gasteiger partial charge in [-0.1, -0.05) is 31.1 Å². The molecule has 0 aromatic rings. The summed E-state index contributed by atoms with van der Waals surface area (Å²) in [6.45, 7) is 8.48. The number of carbonyl (C=O) groups excluding carboxylic acids is 1. The van der Waals surface area contributed by atoms with Gasteiger partial charge in [0, 0.05) is 6.42 Å². The quantitative estimate of drug-likeness (QED) is 0.510. The molecule has 1 aliphatic rings. The van der Waals surface area contributed by atoms with Gasteiger partial charge in [-0.2, -0.15) is 0 Å². The summed E-state index contributed by atoms with van der Waals surface area (Å²) in [6, 6.07) is 0. The van der Waals surface area contributed by atoms with E-state index in [1.807, 2.05) is 6.08 Å². The van der Waals surface area contributed by atoms with E-state index in [0.717, 1.165) is 6.42 Å². The van der Waals surface area contributed by atoms with Gasteiger partial charge in [0.1, 0.15) is 0 Å². The highest BCUT2D eigenvalue weighted by Gasteiger charge is 2.15. The van der Waals surface area contributed by atoms with Crippen molar-refractivity contribution in [3.05, 3.63) is 23.3 Å². The molecule has 1 heteroatoms. The van der Waals surface area contributed by atoms with Crippen molar-refractivity contribution in [2.24, 2.45) is 11.8 Å². The lowest BCUT2D eigenvalue weighted by atomic mass is 9.84. The Balaban J connectivity index is 2.54. The van der Waals surface area contributed by atoms with E-state index in [1.54, 1.807) is 0 Å². The van der Waals surface area contributed by atoms with Gasteiger partial charge in [-0.05, 0) is 51.0 Å². The molecule has 0 radical (unpaired) electrons. The standard InChI is InChI=1S/C15H24O/c1-11(2)9-15(16)10-13(4)14-7-5-12(3)6-8-14/h5,10-11,14H,6-9H2,1-4H3. The third-order valence-corrected chi connectivity index (χ3v) is 3.28. The molecule has 16 heavy (non-hydrogen) atoms. The molecule has 0 bridgehead atoms. The number of hydrogen-bond donors (Lipinski definition) is 0. The normalized spacial score (nSPS) is 22.2. The van der Waals surface area contributed by atoms with Gasteiger partial charge in [-0.15, -0.1) is 0 Å². The molecule has 0 aromatic heterocycles. The van der Waals surface area contributed by atoms with Gasteiger partial charge in [0.15, 0.2) is 5.78 Å². The van der Waals surface area contributed by atoms with Gasteiger partial charge in [0.2, 0.25) is 0 Å². The van der Waals surface area contributed by atoms with E-state index < -0.39 is 0 Å². The van der Waals surface area contributed by atoms with Crippen molar-refractivity contribution in [3.63, 3.8) is 0 Å². The fraction of sp³-hybridized carbons (Fsp3) is 0.667. The van der Waals surface area contributed by atoms with Gasteiger partial charge in [-0.25, -0.2) is 0 Å². The Bertz CT molecular complexity index is 307. The van der Waals surface area contributed by atoms with Crippen molar-refractivity contribution in [2.45, 2.75) is 53.4 Å². The van der Waals surface area contributed by atoms with Crippen LogP contribution in [0.2, 0.25) is 0 Å².